The van der Waals surface area contributed by atoms with Crippen molar-refractivity contribution in [3.05, 3.63) is 0 Å². The quantitative estimate of drug-likeness (QED) is 0.737. The molecule has 0 spiro atoms. The van der Waals surface area contributed by atoms with E-state index in [9.17, 15) is 9.59 Å². The van der Waals surface area contributed by atoms with Gasteiger partial charge in [0.15, 0.2) is 0 Å². The average molecular weight is 228 g/mol. The molecule has 1 unspecified atom stereocenters. The molecule has 0 saturated carbocycles. The lowest BCUT2D eigenvalue weighted by atomic mass is 10.1. The second-order valence-corrected chi connectivity index (χ2v) is 4.61. The van der Waals surface area contributed by atoms with Crippen LogP contribution >= 0.6 is 0 Å². The summed E-state index contributed by atoms with van der Waals surface area (Å²) in [5, 5.41) is 2.82. The Morgan fingerprint density at radius 1 is 1.62 bits per heavy atom. The zero-order valence-electron chi connectivity index (χ0n) is 10.2. The van der Waals surface area contributed by atoms with Crippen molar-refractivity contribution in [3.8, 4) is 0 Å². The number of carbonyl (C=O) groups is 2. The van der Waals surface area contributed by atoms with Gasteiger partial charge in [-0.2, -0.15) is 0 Å². The number of amides is 2. The third-order valence-corrected chi connectivity index (χ3v) is 2.47. The van der Waals surface area contributed by atoms with Crippen LogP contribution in [-0.2, 0) is 14.3 Å². The molecule has 5 heteroatoms. The molecule has 0 bridgehead atoms. The number of hydrogen-bond donors (Lipinski definition) is 1. The average Bonchev–Trinajstić information content (AvgIpc) is 2.19. The molecule has 1 N–H and O–H groups in total. The Morgan fingerprint density at radius 3 is 2.88 bits per heavy atom. The maximum Gasteiger partial charge on any atom is 0.248 e. The van der Waals surface area contributed by atoms with Crippen molar-refractivity contribution < 1.29 is 14.3 Å². The van der Waals surface area contributed by atoms with Gasteiger partial charge < -0.3 is 15.0 Å². The van der Waals surface area contributed by atoms with E-state index in [0.29, 0.717) is 25.4 Å². The molecule has 1 rings (SSSR count). The van der Waals surface area contributed by atoms with Crippen molar-refractivity contribution in [1.82, 2.24) is 10.2 Å². The Balaban J connectivity index is 2.23. The van der Waals surface area contributed by atoms with Gasteiger partial charge in [-0.1, -0.05) is 13.8 Å². The van der Waals surface area contributed by atoms with Gasteiger partial charge in [0.1, 0.15) is 6.61 Å². The van der Waals surface area contributed by atoms with Gasteiger partial charge in [0.2, 0.25) is 11.8 Å². The van der Waals surface area contributed by atoms with E-state index >= 15 is 0 Å². The fraction of sp³-hybridized carbons (Fsp3) is 0.818. The topological polar surface area (TPSA) is 58.6 Å². The third kappa shape index (κ3) is 4.18. The van der Waals surface area contributed by atoms with Crippen LogP contribution in [0.2, 0.25) is 0 Å². The van der Waals surface area contributed by atoms with Crippen LogP contribution in [0.5, 0.6) is 0 Å². The number of ether oxygens (including phenoxy) is 1. The van der Waals surface area contributed by atoms with Crippen molar-refractivity contribution in [2.24, 2.45) is 5.92 Å². The highest BCUT2D eigenvalue weighted by Crippen LogP contribution is 2.04. The maximum absolute atomic E-state index is 11.4. The molecule has 1 fully saturated rings. The molecule has 0 radical (unpaired) electrons. The predicted molar refractivity (Wildman–Crippen MR) is 59.8 cm³/mol. The van der Waals surface area contributed by atoms with Crippen LogP contribution in [0.3, 0.4) is 0 Å². The Hall–Kier alpha value is -1.10. The van der Waals surface area contributed by atoms with Crippen LogP contribution in [0.15, 0.2) is 0 Å². The monoisotopic (exact) mass is 228 g/mol. The number of likely N-dealkylation sites (N-methyl/N-ethyl adjacent to an activating group) is 1. The van der Waals surface area contributed by atoms with Gasteiger partial charge >= 0.3 is 0 Å². The highest BCUT2D eigenvalue weighted by Gasteiger charge is 2.23. The van der Waals surface area contributed by atoms with Crippen LogP contribution in [-0.4, -0.2) is 49.6 Å². The van der Waals surface area contributed by atoms with Gasteiger partial charge in [0.25, 0.3) is 0 Å². The molecule has 1 atom stereocenters. The zero-order chi connectivity index (χ0) is 12.1. The molecule has 1 aliphatic rings. The second kappa shape index (κ2) is 5.84. The molecule has 0 aromatic carbocycles. The minimum Gasteiger partial charge on any atom is -0.365 e. The lowest BCUT2D eigenvalue weighted by Crippen LogP contribution is -2.48. The molecular formula is C11H20N2O3. The maximum atomic E-state index is 11.4. The van der Waals surface area contributed by atoms with Crippen LogP contribution in [0.4, 0.5) is 0 Å². The summed E-state index contributed by atoms with van der Waals surface area (Å²) in [6.45, 7) is 5.14. The SMILES string of the molecule is CC(C)CC(=O)NCC1CN(C)C(=O)CO1. The summed E-state index contributed by atoms with van der Waals surface area (Å²) in [5.41, 5.74) is 0. The fourth-order valence-electron chi connectivity index (χ4n) is 1.55. The number of carbonyl (C=O) groups excluding carboxylic acids is 2. The van der Waals surface area contributed by atoms with Gasteiger partial charge in [0.05, 0.1) is 6.10 Å². The zero-order valence-corrected chi connectivity index (χ0v) is 10.2. The number of nitrogens with zero attached hydrogens (tertiary/aromatic N) is 1. The Kier molecular flexibility index (Phi) is 4.73. The molecule has 0 aromatic heterocycles. The normalized spacial score (nSPS) is 21.4. The summed E-state index contributed by atoms with van der Waals surface area (Å²) in [7, 11) is 1.74. The number of morpholine rings is 1. The smallest absolute Gasteiger partial charge is 0.248 e. The van der Waals surface area contributed by atoms with E-state index < -0.39 is 0 Å². The Morgan fingerprint density at radius 2 is 2.31 bits per heavy atom. The summed E-state index contributed by atoms with van der Waals surface area (Å²) in [4.78, 5) is 24.2. The van der Waals surface area contributed by atoms with Gasteiger partial charge in [-0.3, -0.25) is 9.59 Å². The summed E-state index contributed by atoms with van der Waals surface area (Å²) < 4.78 is 5.31. The minimum atomic E-state index is -0.0844. The summed E-state index contributed by atoms with van der Waals surface area (Å²) >= 11 is 0. The lowest BCUT2D eigenvalue weighted by molar-refractivity contribution is -0.146. The molecule has 1 saturated heterocycles. The largest absolute Gasteiger partial charge is 0.365 e. The molecule has 0 aliphatic carbocycles. The molecule has 0 aromatic rings. The molecule has 2 amide bonds. The number of rotatable bonds is 4. The van der Waals surface area contributed by atoms with Crippen molar-refractivity contribution >= 4 is 11.8 Å². The van der Waals surface area contributed by atoms with E-state index in [4.69, 9.17) is 4.74 Å². The van der Waals surface area contributed by atoms with Crippen LogP contribution < -0.4 is 5.32 Å². The minimum absolute atomic E-state index is 0.00948. The molecule has 5 nitrogen and oxygen atoms in total. The molecule has 1 aliphatic heterocycles. The van der Waals surface area contributed by atoms with Gasteiger partial charge in [-0.25, -0.2) is 0 Å². The molecular weight excluding hydrogens is 208 g/mol. The van der Waals surface area contributed by atoms with Crippen molar-refractivity contribution in [1.29, 1.82) is 0 Å². The fourth-order valence-corrected chi connectivity index (χ4v) is 1.55. The van der Waals surface area contributed by atoms with Crippen molar-refractivity contribution in [2.45, 2.75) is 26.4 Å². The van der Waals surface area contributed by atoms with E-state index in [-0.39, 0.29) is 24.5 Å². The Bertz CT molecular complexity index is 266. The first kappa shape index (κ1) is 13.0. The lowest BCUT2D eigenvalue weighted by Gasteiger charge is -2.29. The van der Waals surface area contributed by atoms with Crippen LogP contribution in [0, 0.1) is 5.92 Å². The van der Waals surface area contributed by atoms with Gasteiger partial charge in [0, 0.05) is 26.6 Å². The molecule has 92 valence electrons. The Labute approximate surface area is 96.1 Å². The first-order chi connectivity index (χ1) is 7.49. The standard InChI is InChI=1S/C11H20N2O3/c1-8(2)4-10(14)12-5-9-6-13(3)11(15)7-16-9/h8-9H,4-7H2,1-3H3,(H,12,14). The second-order valence-electron chi connectivity index (χ2n) is 4.61. The summed E-state index contributed by atoms with van der Waals surface area (Å²) in [6, 6.07) is 0. The number of hydrogen-bond acceptors (Lipinski definition) is 3. The van der Waals surface area contributed by atoms with E-state index in [1.807, 2.05) is 13.8 Å². The van der Waals surface area contributed by atoms with Crippen molar-refractivity contribution in [2.75, 3.05) is 26.7 Å². The third-order valence-electron chi connectivity index (χ3n) is 2.47. The predicted octanol–water partition coefficient (Wildman–Crippen LogP) is 0.00590. The highest BCUT2D eigenvalue weighted by molar-refractivity contribution is 5.78. The van der Waals surface area contributed by atoms with E-state index in [1.54, 1.807) is 11.9 Å². The van der Waals surface area contributed by atoms with Crippen molar-refractivity contribution in [3.63, 3.8) is 0 Å². The van der Waals surface area contributed by atoms with E-state index in [1.165, 1.54) is 0 Å². The first-order valence-corrected chi connectivity index (χ1v) is 5.61. The first-order valence-electron chi connectivity index (χ1n) is 5.61. The molecule has 1 heterocycles. The van der Waals surface area contributed by atoms with E-state index in [0.717, 1.165) is 0 Å². The van der Waals surface area contributed by atoms with Gasteiger partial charge in [-0.15, -0.1) is 0 Å². The van der Waals surface area contributed by atoms with Crippen LogP contribution in [0.1, 0.15) is 20.3 Å². The van der Waals surface area contributed by atoms with Crippen LogP contribution in [0.25, 0.3) is 0 Å². The number of nitrogens with one attached hydrogen (secondary N) is 1. The summed E-state index contributed by atoms with van der Waals surface area (Å²) in [6.07, 6.45) is 0.445. The highest BCUT2D eigenvalue weighted by atomic mass is 16.5. The summed E-state index contributed by atoms with van der Waals surface area (Å²) in [5.74, 6) is 0.388. The van der Waals surface area contributed by atoms with Gasteiger partial charge in [-0.05, 0) is 5.92 Å². The van der Waals surface area contributed by atoms with E-state index in [2.05, 4.69) is 5.32 Å². The molecule has 16 heavy (non-hydrogen) atoms.